The number of nitrogens with one attached hydrogen (secondary N) is 2. The number of hydrogen-bond acceptors (Lipinski definition) is 4. The molecule has 1 aliphatic rings. The number of nitro groups is 1. The van der Waals surface area contributed by atoms with Gasteiger partial charge in [-0.25, -0.2) is 0 Å². The van der Waals surface area contributed by atoms with E-state index in [0.29, 0.717) is 6.07 Å². The highest BCUT2D eigenvalue weighted by Crippen LogP contribution is 2.35. The van der Waals surface area contributed by atoms with Crippen LogP contribution >= 0.6 is 0 Å². The van der Waals surface area contributed by atoms with Crippen LogP contribution in [0.3, 0.4) is 0 Å². The minimum absolute atomic E-state index is 0.0340. The van der Waals surface area contributed by atoms with Crippen LogP contribution in [0.4, 0.5) is 24.5 Å². The van der Waals surface area contributed by atoms with Crippen molar-refractivity contribution in [2.45, 2.75) is 25.1 Å². The summed E-state index contributed by atoms with van der Waals surface area (Å²) in [5, 5.41) is 17.0. The molecule has 0 aromatic heterocycles. The molecule has 0 aliphatic carbocycles. The van der Waals surface area contributed by atoms with Crippen LogP contribution < -0.4 is 10.6 Å². The highest BCUT2D eigenvalue weighted by atomic mass is 19.4. The van der Waals surface area contributed by atoms with Gasteiger partial charge in [0.15, 0.2) is 0 Å². The van der Waals surface area contributed by atoms with Gasteiger partial charge in [0.2, 0.25) is 0 Å². The number of halogens is 3. The third-order valence-electron chi connectivity index (χ3n) is 3.22. The summed E-state index contributed by atoms with van der Waals surface area (Å²) < 4.78 is 37.7. The molecule has 0 unspecified atom stereocenters. The fraction of sp³-hybridized carbons (Fsp3) is 0.500. The number of rotatable bonds is 3. The summed E-state index contributed by atoms with van der Waals surface area (Å²) >= 11 is 0. The predicted octanol–water partition coefficient (Wildman–Crippen LogP) is 2.78. The summed E-state index contributed by atoms with van der Waals surface area (Å²) in [6.45, 7) is 1.57. The van der Waals surface area contributed by atoms with Gasteiger partial charge in [-0.05, 0) is 38.1 Å². The Kier molecular flexibility index (Phi) is 4.12. The van der Waals surface area contributed by atoms with Crippen LogP contribution in [0.2, 0.25) is 0 Å². The number of nitrogens with zero attached hydrogens (tertiary/aromatic N) is 1. The molecular formula is C12H14F3N3O2. The fourth-order valence-corrected chi connectivity index (χ4v) is 2.17. The van der Waals surface area contributed by atoms with E-state index in [1.165, 1.54) is 0 Å². The zero-order valence-electron chi connectivity index (χ0n) is 10.5. The van der Waals surface area contributed by atoms with Gasteiger partial charge in [-0.2, -0.15) is 13.2 Å². The summed E-state index contributed by atoms with van der Waals surface area (Å²) in [5.74, 6) is 0. The lowest BCUT2D eigenvalue weighted by atomic mass is 10.1. The third kappa shape index (κ3) is 3.38. The average Bonchev–Trinajstić information content (AvgIpc) is 2.38. The first-order chi connectivity index (χ1) is 9.38. The Balaban J connectivity index is 2.25. The quantitative estimate of drug-likeness (QED) is 0.663. The SMILES string of the molecule is O=[N+]([O-])c1cc(C(F)(F)F)ccc1NC1CCNCC1. The van der Waals surface area contributed by atoms with E-state index < -0.39 is 22.4 Å². The Morgan fingerprint density at radius 2 is 1.95 bits per heavy atom. The van der Waals surface area contributed by atoms with E-state index in [0.717, 1.165) is 38.1 Å². The number of alkyl halides is 3. The molecule has 1 fully saturated rings. The van der Waals surface area contributed by atoms with E-state index >= 15 is 0 Å². The monoisotopic (exact) mass is 289 g/mol. The number of anilines is 1. The van der Waals surface area contributed by atoms with Crippen LogP contribution in [0.15, 0.2) is 18.2 Å². The second kappa shape index (κ2) is 5.66. The molecule has 1 aromatic rings. The molecule has 1 heterocycles. The Labute approximate surface area is 113 Å². The van der Waals surface area contributed by atoms with Gasteiger partial charge < -0.3 is 10.6 Å². The summed E-state index contributed by atoms with van der Waals surface area (Å²) in [6, 6.07) is 2.59. The second-order valence-electron chi connectivity index (χ2n) is 4.66. The highest BCUT2D eigenvalue weighted by Gasteiger charge is 2.33. The van der Waals surface area contributed by atoms with Crippen molar-refractivity contribution in [2.24, 2.45) is 0 Å². The molecule has 0 saturated carbocycles. The molecule has 1 aliphatic heterocycles. The normalized spacial score (nSPS) is 16.9. The van der Waals surface area contributed by atoms with Gasteiger partial charge in [-0.15, -0.1) is 0 Å². The van der Waals surface area contributed by atoms with Crippen LogP contribution in [0.1, 0.15) is 18.4 Å². The Bertz CT molecular complexity index is 499. The molecule has 0 atom stereocenters. The summed E-state index contributed by atoms with van der Waals surface area (Å²) in [7, 11) is 0. The van der Waals surface area contributed by atoms with Gasteiger partial charge in [0.1, 0.15) is 5.69 Å². The first kappa shape index (κ1) is 14.6. The summed E-state index contributed by atoms with van der Waals surface area (Å²) in [5.41, 5.74) is -1.42. The van der Waals surface area contributed by atoms with Gasteiger partial charge in [0.25, 0.3) is 5.69 Å². The lowest BCUT2D eigenvalue weighted by Crippen LogP contribution is -2.35. The van der Waals surface area contributed by atoms with Crippen molar-refractivity contribution in [3.05, 3.63) is 33.9 Å². The molecule has 1 aromatic carbocycles. The molecular weight excluding hydrogens is 275 g/mol. The third-order valence-corrected chi connectivity index (χ3v) is 3.22. The predicted molar refractivity (Wildman–Crippen MR) is 67.6 cm³/mol. The van der Waals surface area contributed by atoms with Gasteiger partial charge in [-0.1, -0.05) is 0 Å². The Morgan fingerprint density at radius 1 is 1.30 bits per heavy atom. The zero-order valence-corrected chi connectivity index (χ0v) is 10.5. The van der Waals surface area contributed by atoms with Crippen molar-refractivity contribution in [2.75, 3.05) is 18.4 Å². The second-order valence-corrected chi connectivity index (χ2v) is 4.66. The molecule has 8 heteroatoms. The van der Waals surface area contributed by atoms with Crippen molar-refractivity contribution in [1.29, 1.82) is 0 Å². The largest absolute Gasteiger partial charge is 0.416 e. The maximum absolute atomic E-state index is 12.6. The van der Waals surface area contributed by atoms with Crippen molar-refractivity contribution in [1.82, 2.24) is 5.32 Å². The minimum atomic E-state index is -4.59. The molecule has 1 saturated heterocycles. The van der Waals surface area contributed by atoms with Crippen molar-refractivity contribution in [3.63, 3.8) is 0 Å². The molecule has 2 rings (SSSR count). The molecule has 2 N–H and O–H groups in total. The minimum Gasteiger partial charge on any atom is -0.377 e. The highest BCUT2D eigenvalue weighted by molar-refractivity contribution is 5.63. The first-order valence-corrected chi connectivity index (χ1v) is 6.21. The smallest absolute Gasteiger partial charge is 0.377 e. The van der Waals surface area contributed by atoms with Gasteiger partial charge in [-0.3, -0.25) is 10.1 Å². The number of hydrogen-bond donors (Lipinski definition) is 2. The molecule has 0 radical (unpaired) electrons. The molecule has 5 nitrogen and oxygen atoms in total. The lowest BCUT2D eigenvalue weighted by Gasteiger charge is -2.24. The van der Waals surface area contributed by atoms with Gasteiger partial charge in [0.05, 0.1) is 10.5 Å². The lowest BCUT2D eigenvalue weighted by molar-refractivity contribution is -0.384. The number of piperidine rings is 1. The van der Waals surface area contributed by atoms with Crippen molar-refractivity contribution >= 4 is 11.4 Å². The molecule has 0 bridgehead atoms. The van der Waals surface area contributed by atoms with E-state index in [2.05, 4.69) is 10.6 Å². The van der Waals surface area contributed by atoms with Crippen LogP contribution in [-0.2, 0) is 6.18 Å². The van der Waals surface area contributed by atoms with Crippen LogP contribution in [0.5, 0.6) is 0 Å². The van der Waals surface area contributed by atoms with E-state index in [1.807, 2.05) is 0 Å². The summed E-state index contributed by atoms with van der Waals surface area (Å²) in [4.78, 5) is 10.1. The van der Waals surface area contributed by atoms with Crippen LogP contribution in [0, 0.1) is 10.1 Å². The first-order valence-electron chi connectivity index (χ1n) is 6.21. The topological polar surface area (TPSA) is 67.2 Å². The van der Waals surface area contributed by atoms with Crippen LogP contribution in [0.25, 0.3) is 0 Å². The maximum Gasteiger partial charge on any atom is 0.416 e. The Hall–Kier alpha value is -1.83. The van der Waals surface area contributed by atoms with Crippen molar-refractivity contribution in [3.8, 4) is 0 Å². The van der Waals surface area contributed by atoms with E-state index in [9.17, 15) is 23.3 Å². The zero-order chi connectivity index (χ0) is 14.8. The molecule has 110 valence electrons. The Morgan fingerprint density at radius 3 is 2.50 bits per heavy atom. The number of nitro benzene ring substituents is 1. The van der Waals surface area contributed by atoms with Gasteiger partial charge >= 0.3 is 6.18 Å². The average molecular weight is 289 g/mol. The number of benzene rings is 1. The molecule has 20 heavy (non-hydrogen) atoms. The maximum atomic E-state index is 12.6. The fourth-order valence-electron chi connectivity index (χ4n) is 2.17. The van der Waals surface area contributed by atoms with Crippen LogP contribution in [-0.4, -0.2) is 24.1 Å². The molecule has 0 amide bonds. The van der Waals surface area contributed by atoms with E-state index in [-0.39, 0.29) is 11.7 Å². The standard InChI is InChI=1S/C12H14F3N3O2/c13-12(14,15)8-1-2-10(11(7-8)18(19)20)17-9-3-5-16-6-4-9/h1-2,7,9,16-17H,3-6H2. The van der Waals surface area contributed by atoms with E-state index in [1.54, 1.807) is 0 Å². The summed E-state index contributed by atoms with van der Waals surface area (Å²) in [6.07, 6.45) is -3.03. The molecule has 0 spiro atoms. The van der Waals surface area contributed by atoms with Crippen molar-refractivity contribution < 1.29 is 18.1 Å². The van der Waals surface area contributed by atoms with E-state index in [4.69, 9.17) is 0 Å². The van der Waals surface area contributed by atoms with Gasteiger partial charge in [0, 0.05) is 12.1 Å².